The number of rotatable bonds is 4. The van der Waals surface area contributed by atoms with E-state index in [4.69, 9.17) is 32.7 Å². The second kappa shape index (κ2) is 7.23. The van der Waals surface area contributed by atoms with Gasteiger partial charge in [0.25, 0.3) is 0 Å². The average Bonchev–Trinajstić information content (AvgIpc) is 2.49. The zero-order chi connectivity index (χ0) is 15.6. The van der Waals surface area contributed by atoms with Crippen molar-refractivity contribution in [3.63, 3.8) is 0 Å². The van der Waals surface area contributed by atoms with Crippen molar-refractivity contribution < 1.29 is 9.47 Å². The van der Waals surface area contributed by atoms with E-state index in [2.05, 4.69) is 31.9 Å². The highest BCUT2D eigenvalue weighted by atomic mass is 79.9. The van der Waals surface area contributed by atoms with Crippen molar-refractivity contribution >= 4 is 55.1 Å². The van der Waals surface area contributed by atoms with Gasteiger partial charge in [-0.2, -0.15) is 0 Å². The van der Waals surface area contributed by atoms with Crippen molar-refractivity contribution in [2.45, 2.75) is 5.38 Å². The Morgan fingerprint density at radius 1 is 1.05 bits per heavy atom. The third-order valence-electron chi connectivity index (χ3n) is 3.03. The first-order chi connectivity index (χ1) is 9.99. The van der Waals surface area contributed by atoms with Crippen LogP contribution in [0, 0.1) is 0 Å². The van der Waals surface area contributed by atoms with Gasteiger partial charge in [-0.3, -0.25) is 0 Å². The fraction of sp³-hybridized carbons (Fsp3) is 0.200. The molecule has 0 aromatic heterocycles. The van der Waals surface area contributed by atoms with E-state index in [0.717, 1.165) is 20.1 Å². The number of benzene rings is 2. The summed E-state index contributed by atoms with van der Waals surface area (Å²) in [6.45, 7) is 0. The first-order valence-corrected chi connectivity index (χ1v) is 8.39. The molecule has 0 radical (unpaired) electrons. The van der Waals surface area contributed by atoms with Gasteiger partial charge in [0.2, 0.25) is 0 Å². The van der Waals surface area contributed by atoms with Crippen molar-refractivity contribution in [1.29, 1.82) is 0 Å². The summed E-state index contributed by atoms with van der Waals surface area (Å²) in [5.74, 6) is 1.33. The molecular weight excluding hydrogens is 443 g/mol. The molecule has 0 bridgehead atoms. The maximum absolute atomic E-state index is 6.59. The zero-order valence-corrected chi connectivity index (χ0v) is 16.0. The third kappa shape index (κ3) is 3.50. The monoisotopic (exact) mass is 452 g/mol. The first kappa shape index (κ1) is 16.9. The summed E-state index contributed by atoms with van der Waals surface area (Å²) in [5, 5.41) is 0.234. The Morgan fingerprint density at radius 2 is 1.76 bits per heavy atom. The van der Waals surface area contributed by atoms with Crippen LogP contribution in [0.25, 0.3) is 0 Å². The van der Waals surface area contributed by atoms with Crippen LogP contribution in [-0.4, -0.2) is 14.2 Å². The Labute approximate surface area is 150 Å². The molecule has 0 saturated carbocycles. The minimum absolute atomic E-state index is 0.382. The Balaban J connectivity index is 2.50. The van der Waals surface area contributed by atoms with E-state index in [1.807, 2.05) is 30.3 Å². The van der Waals surface area contributed by atoms with E-state index in [9.17, 15) is 0 Å². The number of hydrogen-bond acceptors (Lipinski definition) is 2. The van der Waals surface area contributed by atoms with Crippen LogP contribution < -0.4 is 9.47 Å². The molecule has 2 aromatic rings. The molecule has 112 valence electrons. The normalized spacial score (nSPS) is 12.1. The first-order valence-electron chi connectivity index (χ1n) is 5.99. The van der Waals surface area contributed by atoms with Crippen LogP contribution in [0.2, 0.25) is 5.02 Å². The van der Waals surface area contributed by atoms with Crippen LogP contribution in [0.15, 0.2) is 39.3 Å². The van der Waals surface area contributed by atoms with Crippen LogP contribution in [0.5, 0.6) is 11.5 Å². The van der Waals surface area contributed by atoms with Gasteiger partial charge in [0.15, 0.2) is 0 Å². The SMILES string of the molecule is COc1ccc(C(Cl)c2ccc(Br)c(Cl)c2)c(OC)c1Br. The summed E-state index contributed by atoms with van der Waals surface area (Å²) in [6.07, 6.45) is 0. The van der Waals surface area contributed by atoms with E-state index in [1.54, 1.807) is 14.2 Å². The molecule has 1 atom stereocenters. The summed E-state index contributed by atoms with van der Waals surface area (Å²) >= 11 is 19.6. The van der Waals surface area contributed by atoms with Crippen molar-refractivity contribution in [3.05, 3.63) is 55.4 Å². The van der Waals surface area contributed by atoms with Gasteiger partial charge in [-0.05, 0) is 61.7 Å². The Morgan fingerprint density at radius 3 is 2.33 bits per heavy atom. The minimum atomic E-state index is -0.382. The predicted molar refractivity (Wildman–Crippen MR) is 94.1 cm³/mol. The van der Waals surface area contributed by atoms with Gasteiger partial charge >= 0.3 is 0 Å². The van der Waals surface area contributed by atoms with Gasteiger partial charge in [-0.15, -0.1) is 11.6 Å². The molecule has 0 N–H and O–H groups in total. The second-order valence-electron chi connectivity index (χ2n) is 4.24. The largest absolute Gasteiger partial charge is 0.495 e. The van der Waals surface area contributed by atoms with Crippen LogP contribution >= 0.6 is 55.1 Å². The lowest BCUT2D eigenvalue weighted by Crippen LogP contribution is -2.00. The number of hydrogen-bond donors (Lipinski definition) is 0. The highest BCUT2D eigenvalue weighted by molar-refractivity contribution is 9.11. The smallest absolute Gasteiger partial charge is 0.141 e. The summed E-state index contributed by atoms with van der Waals surface area (Å²) in [4.78, 5) is 0. The summed E-state index contributed by atoms with van der Waals surface area (Å²) in [5.41, 5.74) is 1.73. The summed E-state index contributed by atoms with van der Waals surface area (Å²) in [6, 6.07) is 9.36. The van der Waals surface area contributed by atoms with Gasteiger partial charge < -0.3 is 9.47 Å². The molecule has 0 heterocycles. The Bertz CT molecular complexity index is 662. The standard InChI is InChI=1S/C15H12Br2Cl2O2/c1-20-12-6-4-9(15(21-2)13(12)17)14(19)8-3-5-10(16)11(18)7-8/h3-7,14H,1-2H3. The van der Waals surface area contributed by atoms with Crippen LogP contribution in [-0.2, 0) is 0 Å². The maximum Gasteiger partial charge on any atom is 0.141 e. The fourth-order valence-corrected chi connectivity index (χ4v) is 3.40. The van der Waals surface area contributed by atoms with Crippen molar-refractivity contribution in [2.75, 3.05) is 14.2 Å². The average molecular weight is 455 g/mol. The van der Waals surface area contributed by atoms with Gasteiger partial charge in [0.05, 0.1) is 24.6 Å². The van der Waals surface area contributed by atoms with E-state index in [1.165, 1.54) is 0 Å². The van der Waals surface area contributed by atoms with Gasteiger partial charge in [0, 0.05) is 10.0 Å². The number of methoxy groups -OCH3 is 2. The second-order valence-corrected chi connectivity index (χ2v) is 6.73. The fourth-order valence-electron chi connectivity index (χ4n) is 1.97. The van der Waals surface area contributed by atoms with E-state index >= 15 is 0 Å². The molecule has 0 saturated heterocycles. The Kier molecular flexibility index (Phi) is 5.83. The maximum atomic E-state index is 6.59. The van der Waals surface area contributed by atoms with Crippen molar-refractivity contribution in [2.24, 2.45) is 0 Å². The van der Waals surface area contributed by atoms with Gasteiger partial charge in [-0.25, -0.2) is 0 Å². The number of ether oxygens (including phenoxy) is 2. The molecule has 21 heavy (non-hydrogen) atoms. The van der Waals surface area contributed by atoms with E-state index in [0.29, 0.717) is 16.5 Å². The number of alkyl halides is 1. The minimum Gasteiger partial charge on any atom is -0.495 e. The molecule has 2 aromatic carbocycles. The molecule has 0 amide bonds. The molecule has 0 aliphatic heterocycles. The highest BCUT2D eigenvalue weighted by Crippen LogP contribution is 2.44. The predicted octanol–water partition coefficient (Wildman–Crippen LogP) is 6.21. The van der Waals surface area contributed by atoms with Crippen LogP contribution in [0.1, 0.15) is 16.5 Å². The molecule has 2 nitrogen and oxygen atoms in total. The van der Waals surface area contributed by atoms with Gasteiger partial charge in [0.1, 0.15) is 16.0 Å². The molecule has 0 fully saturated rings. The molecular formula is C15H12Br2Cl2O2. The van der Waals surface area contributed by atoms with E-state index in [-0.39, 0.29) is 5.38 Å². The lowest BCUT2D eigenvalue weighted by molar-refractivity contribution is 0.386. The molecule has 0 aliphatic carbocycles. The van der Waals surface area contributed by atoms with Crippen LogP contribution in [0.4, 0.5) is 0 Å². The molecule has 1 unspecified atom stereocenters. The summed E-state index contributed by atoms with van der Waals surface area (Å²) < 4.78 is 12.3. The topological polar surface area (TPSA) is 18.5 Å². The van der Waals surface area contributed by atoms with Crippen molar-refractivity contribution in [3.8, 4) is 11.5 Å². The zero-order valence-electron chi connectivity index (χ0n) is 11.3. The lowest BCUT2D eigenvalue weighted by Gasteiger charge is -2.17. The molecule has 6 heteroatoms. The molecule has 0 aliphatic rings. The lowest BCUT2D eigenvalue weighted by atomic mass is 10.0. The van der Waals surface area contributed by atoms with E-state index < -0.39 is 0 Å². The molecule has 2 rings (SSSR count). The van der Waals surface area contributed by atoms with Gasteiger partial charge in [-0.1, -0.05) is 17.7 Å². The van der Waals surface area contributed by atoms with Crippen LogP contribution in [0.3, 0.4) is 0 Å². The molecule has 0 spiro atoms. The third-order valence-corrected chi connectivity index (χ3v) is 5.50. The van der Waals surface area contributed by atoms with Crippen molar-refractivity contribution in [1.82, 2.24) is 0 Å². The highest BCUT2D eigenvalue weighted by Gasteiger charge is 2.20. The summed E-state index contributed by atoms with van der Waals surface area (Å²) in [7, 11) is 3.20. The Hall–Kier alpha value is -0.420. The quantitative estimate of drug-likeness (QED) is 0.511. The number of halogens is 4.